The van der Waals surface area contributed by atoms with Crippen molar-refractivity contribution in [2.24, 2.45) is 5.92 Å². The van der Waals surface area contributed by atoms with E-state index in [4.69, 9.17) is 0 Å². The van der Waals surface area contributed by atoms with Crippen LogP contribution in [0.4, 0.5) is 0 Å². The summed E-state index contributed by atoms with van der Waals surface area (Å²) in [6.07, 6.45) is 9.84. The third kappa shape index (κ3) is 2.49. The zero-order valence-corrected chi connectivity index (χ0v) is 10.4. The maximum absolute atomic E-state index is 10.0. The van der Waals surface area contributed by atoms with E-state index in [0.717, 1.165) is 25.8 Å². The first-order valence-electron chi connectivity index (χ1n) is 6.57. The van der Waals surface area contributed by atoms with Crippen LogP contribution in [0.15, 0.2) is 12.4 Å². The van der Waals surface area contributed by atoms with Crippen molar-refractivity contribution in [3.05, 3.63) is 23.5 Å². The van der Waals surface area contributed by atoms with Crippen molar-refractivity contribution < 1.29 is 5.11 Å². The molecule has 2 nitrogen and oxygen atoms in total. The molecule has 0 aromatic carbocycles. The second kappa shape index (κ2) is 5.05. The first-order chi connectivity index (χ1) is 7.70. The lowest BCUT2D eigenvalue weighted by Crippen LogP contribution is -2.04. The number of fused-ring (bicyclic) bond motifs is 1. The van der Waals surface area contributed by atoms with Crippen molar-refractivity contribution >= 4 is 0 Å². The van der Waals surface area contributed by atoms with E-state index in [-0.39, 0.29) is 6.10 Å². The van der Waals surface area contributed by atoms with Crippen LogP contribution in [0.3, 0.4) is 0 Å². The highest BCUT2D eigenvalue weighted by Gasteiger charge is 2.18. The number of aliphatic hydroxyl groups excluding tert-OH is 1. The Bertz CT molecular complexity index is 343. The molecule has 1 aromatic heterocycles. The summed E-state index contributed by atoms with van der Waals surface area (Å²) in [6, 6.07) is 0. The Balaban J connectivity index is 2.15. The van der Waals surface area contributed by atoms with Crippen molar-refractivity contribution in [3.8, 4) is 0 Å². The number of nitrogens with zero attached hydrogens (tertiary/aromatic N) is 1. The van der Waals surface area contributed by atoms with E-state index in [2.05, 4.69) is 30.8 Å². The maximum atomic E-state index is 10.0. The van der Waals surface area contributed by atoms with Crippen LogP contribution in [0.25, 0.3) is 0 Å². The van der Waals surface area contributed by atoms with Gasteiger partial charge in [-0.3, -0.25) is 0 Å². The number of hydrogen-bond donors (Lipinski definition) is 1. The van der Waals surface area contributed by atoms with Gasteiger partial charge in [0.25, 0.3) is 0 Å². The summed E-state index contributed by atoms with van der Waals surface area (Å²) in [5.74, 6) is 0.716. The molecular weight excluding hydrogens is 198 g/mol. The van der Waals surface area contributed by atoms with E-state index >= 15 is 0 Å². The molecule has 1 aliphatic rings. The van der Waals surface area contributed by atoms with Gasteiger partial charge in [0.15, 0.2) is 0 Å². The fourth-order valence-electron chi connectivity index (χ4n) is 2.49. The number of rotatable bonds is 3. The Kier molecular flexibility index (Phi) is 3.70. The Morgan fingerprint density at radius 3 is 3.00 bits per heavy atom. The summed E-state index contributed by atoms with van der Waals surface area (Å²) in [7, 11) is 0. The Morgan fingerprint density at radius 2 is 2.25 bits per heavy atom. The van der Waals surface area contributed by atoms with Crippen LogP contribution in [0.5, 0.6) is 0 Å². The molecule has 0 aliphatic heterocycles. The van der Waals surface area contributed by atoms with Crippen molar-refractivity contribution in [3.63, 3.8) is 0 Å². The lowest BCUT2D eigenvalue weighted by atomic mass is 10.1. The predicted octanol–water partition coefficient (Wildman–Crippen LogP) is 3.29. The molecular formula is C14H23NO. The molecule has 2 atom stereocenters. The summed E-state index contributed by atoms with van der Waals surface area (Å²) in [6.45, 7) is 5.59. The van der Waals surface area contributed by atoms with Gasteiger partial charge in [-0.15, -0.1) is 0 Å². The van der Waals surface area contributed by atoms with Crippen LogP contribution in [0, 0.1) is 5.92 Å². The van der Waals surface area contributed by atoms with Gasteiger partial charge >= 0.3 is 0 Å². The Labute approximate surface area is 98.3 Å². The molecule has 0 saturated carbocycles. The van der Waals surface area contributed by atoms with Crippen molar-refractivity contribution in [2.75, 3.05) is 0 Å². The summed E-state index contributed by atoms with van der Waals surface area (Å²) in [5.41, 5.74) is 2.55. The van der Waals surface area contributed by atoms with Gasteiger partial charge < -0.3 is 9.67 Å². The summed E-state index contributed by atoms with van der Waals surface area (Å²) in [4.78, 5) is 0. The minimum atomic E-state index is -0.226. The average molecular weight is 221 g/mol. The summed E-state index contributed by atoms with van der Waals surface area (Å²) < 4.78 is 2.27. The molecule has 1 aliphatic carbocycles. The quantitative estimate of drug-likeness (QED) is 0.778. The number of aliphatic hydroxyl groups is 1. The lowest BCUT2D eigenvalue weighted by Gasteiger charge is -2.10. The number of aromatic nitrogens is 1. The molecule has 0 spiro atoms. The molecule has 16 heavy (non-hydrogen) atoms. The molecule has 90 valence electrons. The summed E-state index contributed by atoms with van der Waals surface area (Å²) in [5, 5.41) is 10.0. The largest absolute Gasteiger partial charge is 0.388 e. The van der Waals surface area contributed by atoms with Crippen LogP contribution in [0.1, 0.15) is 56.8 Å². The van der Waals surface area contributed by atoms with E-state index < -0.39 is 0 Å². The highest BCUT2D eigenvalue weighted by molar-refractivity contribution is 5.28. The minimum absolute atomic E-state index is 0.226. The highest BCUT2D eigenvalue weighted by atomic mass is 16.3. The molecule has 0 saturated heterocycles. The monoisotopic (exact) mass is 221 g/mol. The van der Waals surface area contributed by atoms with Crippen molar-refractivity contribution in [2.45, 2.75) is 58.6 Å². The predicted molar refractivity (Wildman–Crippen MR) is 66.4 cm³/mol. The van der Waals surface area contributed by atoms with E-state index in [1.54, 1.807) is 0 Å². The van der Waals surface area contributed by atoms with Crippen molar-refractivity contribution in [1.29, 1.82) is 0 Å². The lowest BCUT2D eigenvalue weighted by molar-refractivity contribution is 0.166. The Morgan fingerprint density at radius 1 is 1.44 bits per heavy atom. The number of aryl methyl sites for hydroxylation is 1. The first-order valence-corrected chi connectivity index (χ1v) is 6.57. The SMILES string of the molecule is CCC(C)Cn1cc2c(c1)C(O)CCCC2. The van der Waals surface area contributed by atoms with Gasteiger partial charge in [-0.2, -0.15) is 0 Å². The minimum Gasteiger partial charge on any atom is -0.388 e. The zero-order valence-electron chi connectivity index (χ0n) is 10.4. The topological polar surface area (TPSA) is 25.2 Å². The maximum Gasteiger partial charge on any atom is 0.0807 e. The van der Waals surface area contributed by atoms with Gasteiger partial charge in [0.2, 0.25) is 0 Å². The van der Waals surface area contributed by atoms with Gasteiger partial charge in [-0.1, -0.05) is 26.7 Å². The van der Waals surface area contributed by atoms with E-state index in [9.17, 15) is 5.11 Å². The second-order valence-corrected chi connectivity index (χ2v) is 5.21. The Hall–Kier alpha value is -0.760. The third-order valence-corrected chi connectivity index (χ3v) is 3.75. The van der Waals surface area contributed by atoms with Crippen LogP contribution in [-0.2, 0) is 13.0 Å². The van der Waals surface area contributed by atoms with E-state index in [0.29, 0.717) is 5.92 Å². The fourth-order valence-corrected chi connectivity index (χ4v) is 2.49. The molecule has 0 amide bonds. The molecule has 2 unspecified atom stereocenters. The van der Waals surface area contributed by atoms with Gasteiger partial charge in [-0.25, -0.2) is 0 Å². The average Bonchev–Trinajstić information content (AvgIpc) is 2.59. The van der Waals surface area contributed by atoms with Crippen LogP contribution < -0.4 is 0 Å². The van der Waals surface area contributed by atoms with Crippen LogP contribution >= 0.6 is 0 Å². The molecule has 2 heteroatoms. The second-order valence-electron chi connectivity index (χ2n) is 5.21. The molecule has 2 rings (SSSR count). The molecule has 1 heterocycles. The molecule has 0 fully saturated rings. The smallest absolute Gasteiger partial charge is 0.0807 e. The molecule has 1 aromatic rings. The van der Waals surface area contributed by atoms with Gasteiger partial charge in [0.05, 0.1) is 6.10 Å². The van der Waals surface area contributed by atoms with Gasteiger partial charge in [0, 0.05) is 24.5 Å². The van der Waals surface area contributed by atoms with E-state index in [1.807, 2.05) is 0 Å². The molecule has 1 N–H and O–H groups in total. The third-order valence-electron chi connectivity index (χ3n) is 3.75. The summed E-state index contributed by atoms with van der Waals surface area (Å²) >= 11 is 0. The zero-order chi connectivity index (χ0) is 11.5. The van der Waals surface area contributed by atoms with Crippen LogP contribution in [-0.4, -0.2) is 9.67 Å². The molecule has 0 radical (unpaired) electrons. The molecule has 0 bridgehead atoms. The van der Waals surface area contributed by atoms with Gasteiger partial charge in [0.1, 0.15) is 0 Å². The normalized spacial score (nSPS) is 22.6. The highest BCUT2D eigenvalue weighted by Crippen LogP contribution is 2.29. The van der Waals surface area contributed by atoms with Crippen molar-refractivity contribution in [1.82, 2.24) is 4.57 Å². The standard InChI is InChI=1S/C14H23NO/c1-3-11(2)8-15-9-12-6-4-5-7-14(16)13(12)10-15/h9-11,14,16H,3-8H2,1-2H3. The first kappa shape index (κ1) is 11.7. The van der Waals surface area contributed by atoms with Crippen LogP contribution in [0.2, 0.25) is 0 Å². The fraction of sp³-hybridized carbons (Fsp3) is 0.714. The van der Waals surface area contributed by atoms with Gasteiger partial charge in [-0.05, 0) is 30.7 Å². The number of hydrogen-bond acceptors (Lipinski definition) is 1. The van der Waals surface area contributed by atoms with E-state index in [1.165, 1.54) is 24.0 Å².